The Morgan fingerprint density at radius 2 is 2.29 bits per heavy atom. The van der Waals surface area contributed by atoms with Crippen molar-refractivity contribution in [3.8, 4) is 0 Å². The van der Waals surface area contributed by atoms with Gasteiger partial charge in [0.25, 0.3) is 5.91 Å². The number of rotatable bonds is 5. The van der Waals surface area contributed by atoms with Crippen molar-refractivity contribution in [2.75, 3.05) is 12.0 Å². The highest BCUT2D eigenvalue weighted by Gasteiger charge is 2.15. The van der Waals surface area contributed by atoms with Gasteiger partial charge in [0.1, 0.15) is 5.82 Å². The molecule has 1 atom stereocenters. The summed E-state index contributed by atoms with van der Waals surface area (Å²) in [4.78, 5) is 11.8. The number of hydrogen-bond acceptors (Lipinski definition) is 2. The summed E-state index contributed by atoms with van der Waals surface area (Å²) in [5.41, 5.74) is -0.00273. The zero-order valence-corrected chi connectivity index (χ0v) is 11.4. The average molecular weight is 276 g/mol. The van der Waals surface area contributed by atoms with Crippen LogP contribution in [-0.4, -0.2) is 24.0 Å². The van der Waals surface area contributed by atoms with E-state index < -0.39 is 11.7 Å². The van der Waals surface area contributed by atoms with Gasteiger partial charge >= 0.3 is 0 Å². The number of hydrogen-bond donors (Lipinski definition) is 1. The minimum atomic E-state index is -0.550. The fourth-order valence-corrected chi connectivity index (χ4v) is 2.29. The summed E-state index contributed by atoms with van der Waals surface area (Å²) < 4.78 is 13.4. The lowest BCUT2D eigenvalue weighted by Crippen LogP contribution is -2.36. The number of halogens is 2. The Labute approximate surface area is 110 Å². The second-order valence-corrected chi connectivity index (χ2v) is 5.01. The van der Waals surface area contributed by atoms with Crippen LogP contribution in [0.25, 0.3) is 0 Å². The third-order valence-corrected chi connectivity index (χ3v) is 3.34. The second-order valence-electron chi connectivity index (χ2n) is 3.66. The first-order valence-corrected chi connectivity index (χ1v) is 7.10. The van der Waals surface area contributed by atoms with E-state index in [2.05, 4.69) is 5.32 Å². The van der Waals surface area contributed by atoms with Gasteiger partial charge in [0, 0.05) is 16.8 Å². The SMILES string of the molecule is CCC(CSC)NC(=O)c1cc(Cl)ccc1F. The van der Waals surface area contributed by atoms with Crippen LogP contribution in [0, 0.1) is 5.82 Å². The predicted molar refractivity (Wildman–Crippen MR) is 71.3 cm³/mol. The molecule has 1 amide bonds. The van der Waals surface area contributed by atoms with Crippen LogP contribution >= 0.6 is 23.4 Å². The summed E-state index contributed by atoms with van der Waals surface area (Å²) in [5, 5.41) is 3.15. The third kappa shape index (κ3) is 4.21. The molecule has 0 spiro atoms. The van der Waals surface area contributed by atoms with E-state index in [1.807, 2.05) is 13.2 Å². The average Bonchev–Trinajstić information content (AvgIpc) is 2.31. The van der Waals surface area contributed by atoms with Crippen LogP contribution in [0.2, 0.25) is 5.02 Å². The maximum Gasteiger partial charge on any atom is 0.254 e. The Morgan fingerprint density at radius 1 is 1.59 bits per heavy atom. The highest BCUT2D eigenvalue weighted by atomic mass is 35.5. The van der Waals surface area contributed by atoms with Gasteiger partial charge in [-0.15, -0.1) is 0 Å². The van der Waals surface area contributed by atoms with E-state index >= 15 is 0 Å². The van der Waals surface area contributed by atoms with E-state index in [1.54, 1.807) is 11.8 Å². The molecule has 0 aliphatic heterocycles. The Bertz CT molecular complexity index is 400. The summed E-state index contributed by atoms with van der Waals surface area (Å²) in [6.45, 7) is 1.98. The van der Waals surface area contributed by atoms with E-state index in [0.29, 0.717) is 5.02 Å². The number of nitrogens with one attached hydrogen (secondary N) is 1. The predicted octanol–water partition coefficient (Wildman–Crippen LogP) is 3.35. The van der Waals surface area contributed by atoms with Gasteiger partial charge in [0.15, 0.2) is 0 Å². The molecule has 1 N–H and O–H groups in total. The fourth-order valence-electron chi connectivity index (χ4n) is 1.40. The Balaban J connectivity index is 2.78. The van der Waals surface area contributed by atoms with Gasteiger partial charge in [-0.25, -0.2) is 4.39 Å². The van der Waals surface area contributed by atoms with Crippen molar-refractivity contribution in [1.29, 1.82) is 0 Å². The molecular formula is C12H15ClFNOS. The molecule has 0 fully saturated rings. The van der Waals surface area contributed by atoms with Crippen molar-refractivity contribution in [3.63, 3.8) is 0 Å². The number of thioether (sulfide) groups is 1. The molecule has 1 aromatic rings. The Hall–Kier alpha value is -0.740. The minimum absolute atomic E-state index is 0.00273. The highest BCUT2D eigenvalue weighted by Crippen LogP contribution is 2.15. The van der Waals surface area contributed by atoms with Crippen LogP contribution in [-0.2, 0) is 0 Å². The Kier molecular flexibility index (Phi) is 5.78. The van der Waals surface area contributed by atoms with E-state index in [-0.39, 0.29) is 11.6 Å². The lowest BCUT2D eigenvalue weighted by Gasteiger charge is -2.16. The topological polar surface area (TPSA) is 29.1 Å². The number of carbonyl (C=O) groups excluding carboxylic acids is 1. The second kappa shape index (κ2) is 6.87. The molecule has 0 radical (unpaired) electrons. The summed E-state index contributed by atoms with van der Waals surface area (Å²) >= 11 is 7.39. The zero-order chi connectivity index (χ0) is 12.8. The lowest BCUT2D eigenvalue weighted by atomic mass is 10.1. The summed E-state index contributed by atoms with van der Waals surface area (Å²) in [7, 11) is 0. The summed E-state index contributed by atoms with van der Waals surface area (Å²) in [6.07, 6.45) is 2.78. The quantitative estimate of drug-likeness (QED) is 0.893. The molecule has 0 bridgehead atoms. The maximum atomic E-state index is 13.4. The van der Waals surface area contributed by atoms with Crippen LogP contribution in [0.4, 0.5) is 4.39 Å². The van der Waals surface area contributed by atoms with Crippen LogP contribution in [0.5, 0.6) is 0 Å². The van der Waals surface area contributed by atoms with Gasteiger partial charge in [-0.1, -0.05) is 18.5 Å². The number of carbonyl (C=O) groups is 1. The first-order valence-electron chi connectivity index (χ1n) is 5.33. The van der Waals surface area contributed by atoms with E-state index in [4.69, 9.17) is 11.6 Å². The third-order valence-electron chi connectivity index (χ3n) is 2.37. The number of amides is 1. The number of benzene rings is 1. The fraction of sp³-hybridized carbons (Fsp3) is 0.417. The van der Waals surface area contributed by atoms with Crippen molar-refractivity contribution in [3.05, 3.63) is 34.6 Å². The van der Waals surface area contributed by atoms with Crippen molar-refractivity contribution >= 4 is 29.3 Å². The first-order chi connectivity index (χ1) is 8.08. The lowest BCUT2D eigenvalue weighted by molar-refractivity contribution is 0.0936. The molecule has 0 saturated heterocycles. The molecule has 17 heavy (non-hydrogen) atoms. The van der Waals surface area contributed by atoms with Crippen molar-refractivity contribution in [2.24, 2.45) is 0 Å². The standard InChI is InChI=1S/C12H15ClFNOS/c1-3-9(7-17-2)15-12(16)10-6-8(13)4-5-11(10)14/h4-6,9H,3,7H2,1-2H3,(H,15,16). The summed E-state index contributed by atoms with van der Waals surface area (Å²) in [5.74, 6) is -0.151. The molecule has 94 valence electrons. The largest absolute Gasteiger partial charge is 0.348 e. The normalized spacial score (nSPS) is 12.2. The molecule has 0 saturated carbocycles. The molecule has 0 aromatic heterocycles. The van der Waals surface area contributed by atoms with Crippen molar-refractivity contribution in [2.45, 2.75) is 19.4 Å². The van der Waals surface area contributed by atoms with Gasteiger partial charge in [-0.3, -0.25) is 4.79 Å². The molecule has 0 aliphatic rings. The molecule has 0 aliphatic carbocycles. The van der Waals surface area contributed by atoms with Gasteiger partial charge in [-0.2, -0.15) is 11.8 Å². The molecule has 1 aromatic carbocycles. The van der Waals surface area contributed by atoms with Gasteiger partial charge in [-0.05, 0) is 30.9 Å². The molecule has 1 rings (SSSR count). The highest BCUT2D eigenvalue weighted by molar-refractivity contribution is 7.98. The molecule has 2 nitrogen and oxygen atoms in total. The first kappa shape index (κ1) is 14.3. The molecular weight excluding hydrogens is 261 g/mol. The van der Waals surface area contributed by atoms with Crippen LogP contribution < -0.4 is 5.32 Å². The Morgan fingerprint density at radius 3 is 2.88 bits per heavy atom. The monoisotopic (exact) mass is 275 g/mol. The zero-order valence-electron chi connectivity index (χ0n) is 9.80. The van der Waals surface area contributed by atoms with E-state index in [0.717, 1.165) is 12.2 Å². The smallest absolute Gasteiger partial charge is 0.254 e. The maximum absolute atomic E-state index is 13.4. The van der Waals surface area contributed by atoms with E-state index in [9.17, 15) is 9.18 Å². The van der Waals surface area contributed by atoms with Gasteiger partial charge in [0.05, 0.1) is 5.56 Å². The van der Waals surface area contributed by atoms with Crippen molar-refractivity contribution < 1.29 is 9.18 Å². The van der Waals surface area contributed by atoms with Gasteiger partial charge < -0.3 is 5.32 Å². The molecule has 5 heteroatoms. The van der Waals surface area contributed by atoms with Crippen LogP contribution in [0.3, 0.4) is 0 Å². The van der Waals surface area contributed by atoms with Gasteiger partial charge in [0.2, 0.25) is 0 Å². The van der Waals surface area contributed by atoms with Crippen LogP contribution in [0.15, 0.2) is 18.2 Å². The van der Waals surface area contributed by atoms with Crippen molar-refractivity contribution in [1.82, 2.24) is 5.32 Å². The molecule has 1 unspecified atom stereocenters. The minimum Gasteiger partial charge on any atom is -0.348 e. The van der Waals surface area contributed by atoms with E-state index in [1.165, 1.54) is 18.2 Å². The summed E-state index contributed by atoms with van der Waals surface area (Å²) in [6, 6.07) is 4.02. The molecule has 0 heterocycles. The van der Waals surface area contributed by atoms with Crippen LogP contribution in [0.1, 0.15) is 23.7 Å².